The molecule has 4 rings (SSSR count). The van der Waals surface area contributed by atoms with Gasteiger partial charge in [-0.05, 0) is 73.4 Å². The molecule has 2 aromatic heterocycles. The first-order valence-corrected chi connectivity index (χ1v) is 9.84. The molecule has 2 aromatic carbocycles. The fourth-order valence-electron chi connectivity index (χ4n) is 3.73. The lowest BCUT2D eigenvalue weighted by Crippen LogP contribution is -1.90. The Hall–Kier alpha value is -3.53. The van der Waals surface area contributed by atoms with Gasteiger partial charge in [-0.15, -0.1) is 0 Å². The molecule has 3 nitrogen and oxygen atoms in total. The van der Waals surface area contributed by atoms with Gasteiger partial charge in [-0.3, -0.25) is 4.99 Å². The van der Waals surface area contributed by atoms with Gasteiger partial charge in [0.2, 0.25) is 5.71 Å². The molecule has 0 fully saturated rings. The van der Waals surface area contributed by atoms with Gasteiger partial charge >= 0.3 is 0 Å². The monoisotopic (exact) mass is 398 g/mol. The van der Waals surface area contributed by atoms with Crippen molar-refractivity contribution >= 4 is 39.4 Å². The Morgan fingerprint density at radius 3 is 2.47 bits per heavy atom. The first kappa shape index (κ1) is 19.8. The van der Waals surface area contributed by atoms with Crippen LogP contribution in [0, 0.1) is 19.7 Å². The van der Waals surface area contributed by atoms with Crippen molar-refractivity contribution in [1.82, 2.24) is 4.98 Å². The zero-order chi connectivity index (χ0) is 21.3. The van der Waals surface area contributed by atoms with Crippen LogP contribution in [0.4, 0.5) is 4.39 Å². The molecule has 0 atom stereocenters. The van der Waals surface area contributed by atoms with E-state index in [0.717, 1.165) is 49.9 Å². The summed E-state index contributed by atoms with van der Waals surface area (Å²) in [7, 11) is 1.73. The predicted molar refractivity (Wildman–Crippen MR) is 123 cm³/mol. The molecule has 0 aliphatic carbocycles. The molecule has 2 heterocycles. The van der Waals surface area contributed by atoms with Crippen molar-refractivity contribution in [3.8, 4) is 0 Å². The predicted octanol–water partition coefficient (Wildman–Crippen LogP) is 6.92. The van der Waals surface area contributed by atoms with Crippen LogP contribution in [0.3, 0.4) is 0 Å². The molecule has 0 spiro atoms. The Labute approximate surface area is 175 Å². The maximum absolute atomic E-state index is 13.4. The maximum Gasteiger partial charge on any atom is 0.227 e. The van der Waals surface area contributed by atoms with E-state index in [0.29, 0.717) is 5.71 Å². The number of aromatic nitrogens is 1. The van der Waals surface area contributed by atoms with Crippen LogP contribution in [0.15, 0.2) is 70.1 Å². The van der Waals surface area contributed by atoms with E-state index in [-0.39, 0.29) is 5.82 Å². The number of allylic oxidation sites excluding steroid dienone is 4. The van der Waals surface area contributed by atoms with Crippen LogP contribution >= 0.6 is 0 Å². The fourth-order valence-corrected chi connectivity index (χ4v) is 3.73. The van der Waals surface area contributed by atoms with Gasteiger partial charge in [0.15, 0.2) is 0 Å². The molecule has 30 heavy (non-hydrogen) atoms. The summed E-state index contributed by atoms with van der Waals surface area (Å²) in [5.74, 6) is -0.256. The number of hydrogen-bond acceptors (Lipinski definition) is 3. The van der Waals surface area contributed by atoms with E-state index in [9.17, 15) is 4.39 Å². The second-order valence-electron chi connectivity index (χ2n) is 7.41. The van der Waals surface area contributed by atoms with Gasteiger partial charge in [-0.2, -0.15) is 0 Å². The van der Waals surface area contributed by atoms with Gasteiger partial charge in [0.1, 0.15) is 11.4 Å². The number of hydrogen-bond donors (Lipinski definition) is 0. The van der Waals surface area contributed by atoms with Crippen LogP contribution in [0.1, 0.15) is 29.3 Å². The molecule has 0 radical (unpaired) electrons. The van der Waals surface area contributed by atoms with E-state index < -0.39 is 0 Å². The van der Waals surface area contributed by atoms with E-state index in [1.807, 2.05) is 19.1 Å². The smallest absolute Gasteiger partial charge is 0.227 e. The number of halogens is 1. The van der Waals surface area contributed by atoms with Gasteiger partial charge in [0, 0.05) is 35.3 Å². The lowest BCUT2D eigenvalue weighted by atomic mass is 9.95. The molecular weight excluding hydrogens is 375 g/mol. The Bertz CT molecular complexity index is 1320. The van der Waals surface area contributed by atoms with Crippen molar-refractivity contribution in [2.45, 2.75) is 20.8 Å². The highest BCUT2D eigenvalue weighted by Gasteiger charge is 2.15. The first-order chi connectivity index (χ1) is 14.5. The third-order valence-corrected chi connectivity index (χ3v) is 5.20. The van der Waals surface area contributed by atoms with Crippen LogP contribution in [0.2, 0.25) is 0 Å². The largest absolute Gasteiger partial charge is 0.437 e. The van der Waals surface area contributed by atoms with E-state index >= 15 is 0 Å². The minimum atomic E-state index is -0.256. The number of furan rings is 1. The quantitative estimate of drug-likeness (QED) is 0.276. The summed E-state index contributed by atoms with van der Waals surface area (Å²) in [6.45, 7) is 6.10. The van der Waals surface area contributed by atoms with Crippen molar-refractivity contribution in [3.63, 3.8) is 0 Å². The Morgan fingerprint density at radius 2 is 1.73 bits per heavy atom. The van der Waals surface area contributed by atoms with E-state index in [4.69, 9.17) is 4.42 Å². The Balaban J connectivity index is 1.91. The van der Waals surface area contributed by atoms with Crippen LogP contribution in [-0.4, -0.2) is 18.2 Å². The molecule has 0 saturated heterocycles. The summed E-state index contributed by atoms with van der Waals surface area (Å²) in [6, 6.07) is 14.7. The van der Waals surface area contributed by atoms with Crippen molar-refractivity contribution < 1.29 is 8.81 Å². The second kappa shape index (κ2) is 8.07. The number of pyridine rings is 1. The molecule has 0 saturated carbocycles. The van der Waals surface area contributed by atoms with E-state index in [1.165, 1.54) is 12.1 Å². The highest BCUT2D eigenvalue weighted by atomic mass is 19.1. The number of nitrogens with zero attached hydrogens (tertiary/aromatic N) is 2. The van der Waals surface area contributed by atoms with Crippen LogP contribution in [-0.2, 0) is 0 Å². The average molecular weight is 398 g/mol. The zero-order valence-corrected chi connectivity index (χ0v) is 17.5. The van der Waals surface area contributed by atoms with Crippen molar-refractivity contribution in [2.24, 2.45) is 4.99 Å². The van der Waals surface area contributed by atoms with Gasteiger partial charge in [-0.1, -0.05) is 30.3 Å². The zero-order valence-electron chi connectivity index (χ0n) is 17.5. The molecule has 0 unspecified atom stereocenters. The van der Waals surface area contributed by atoms with Crippen molar-refractivity contribution in [1.29, 1.82) is 0 Å². The van der Waals surface area contributed by atoms with E-state index in [1.54, 1.807) is 25.4 Å². The lowest BCUT2D eigenvalue weighted by molar-refractivity contribution is 0.627. The average Bonchev–Trinajstić information content (AvgIpc) is 3.08. The summed E-state index contributed by atoms with van der Waals surface area (Å²) in [6.07, 6.45) is 5.75. The maximum atomic E-state index is 13.4. The minimum absolute atomic E-state index is 0.256. The third kappa shape index (κ3) is 3.69. The van der Waals surface area contributed by atoms with Crippen LogP contribution in [0.5, 0.6) is 0 Å². The van der Waals surface area contributed by atoms with Crippen molar-refractivity contribution in [3.05, 3.63) is 88.9 Å². The summed E-state index contributed by atoms with van der Waals surface area (Å²) in [4.78, 5) is 8.62. The number of aliphatic imine (C=N–C) groups is 1. The molecule has 150 valence electrons. The SMILES string of the molecule is C/N=C/C=C(\C=C(/C)c1c(C)ccc2c1oc1nc(C)ccc12)c1ccc(F)cc1. The molecule has 0 amide bonds. The molecular formula is C26H23FN2O. The highest BCUT2D eigenvalue weighted by Crippen LogP contribution is 2.36. The number of benzene rings is 2. The molecule has 0 N–H and O–H groups in total. The Morgan fingerprint density at radius 1 is 1.00 bits per heavy atom. The summed E-state index contributed by atoms with van der Waals surface area (Å²) >= 11 is 0. The second-order valence-corrected chi connectivity index (χ2v) is 7.41. The lowest BCUT2D eigenvalue weighted by Gasteiger charge is -2.09. The first-order valence-electron chi connectivity index (χ1n) is 9.84. The number of rotatable bonds is 4. The highest BCUT2D eigenvalue weighted by molar-refractivity contribution is 6.08. The van der Waals surface area contributed by atoms with Crippen LogP contribution < -0.4 is 0 Å². The molecule has 4 aromatic rings. The van der Waals surface area contributed by atoms with Gasteiger partial charge in [0.25, 0.3) is 0 Å². The molecule has 0 aliphatic rings. The topological polar surface area (TPSA) is 38.4 Å². The number of fused-ring (bicyclic) bond motifs is 3. The van der Waals surface area contributed by atoms with Crippen molar-refractivity contribution in [2.75, 3.05) is 7.05 Å². The third-order valence-electron chi connectivity index (χ3n) is 5.20. The Kier molecular flexibility index (Phi) is 5.32. The summed E-state index contributed by atoms with van der Waals surface area (Å²) in [5, 5.41) is 2.06. The van der Waals surface area contributed by atoms with Crippen LogP contribution in [0.25, 0.3) is 33.2 Å². The summed E-state index contributed by atoms with van der Waals surface area (Å²) < 4.78 is 19.6. The van der Waals surface area contributed by atoms with Gasteiger partial charge in [-0.25, -0.2) is 9.37 Å². The fraction of sp³-hybridized carbons (Fsp3) is 0.154. The molecule has 0 aliphatic heterocycles. The standard InChI is InChI=1S/C26H23FN2O/c1-16-5-11-22-23-12-6-18(3)29-26(23)30-25(22)24(16)17(2)15-20(13-14-28-4)19-7-9-21(27)10-8-19/h5-15H,1-4H3/b17-15+,20-13+,28-14+. The minimum Gasteiger partial charge on any atom is -0.437 e. The molecule has 4 heteroatoms. The molecule has 0 bridgehead atoms. The van der Waals surface area contributed by atoms with E-state index in [2.05, 4.69) is 48.1 Å². The normalized spacial score (nSPS) is 13.1. The summed E-state index contributed by atoms with van der Waals surface area (Å²) in [5.41, 5.74) is 7.49. The number of aryl methyl sites for hydroxylation is 2. The van der Waals surface area contributed by atoms with Gasteiger partial charge in [0.05, 0.1) is 0 Å². The van der Waals surface area contributed by atoms with Gasteiger partial charge < -0.3 is 4.42 Å².